The fourth-order valence-corrected chi connectivity index (χ4v) is 1.53. The van der Waals surface area contributed by atoms with E-state index in [2.05, 4.69) is 44.3 Å². The minimum Gasteiger partial charge on any atom is -0.0985 e. The number of hydrogen-bond acceptors (Lipinski definition) is 0. The number of hydrogen-bond donors (Lipinski definition) is 0. The topological polar surface area (TPSA) is 0 Å². The van der Waals surface area contributed by atoms with E-state index in [-0.39, 0.29) is 0 Å². The third-order valence-electron chi connectivity index (χ3n) is 2.41. The average molecular weight is 186 g/mol. The van der Waals surface area contributed by atoms with Gasteiger partial charge in [0.1, 0.15) is 0 Å². The first-order chi connectivity index (χ1) is 6.79. The van der Waals surface area contributed by atoms with Crippen LogP contribution in [0.25, 0.3) is 5.57 Å². The van der Waals surface area contributed by atoms with E-state index < -0.39 is 0 Å². The smallest absolute Gasteiger partial charge is 0.0158 e. The van der Waals surface area contributed by atoms with Crippen molar-refractivity contribution in [1.82, 2.24) is 0 Å². The van der Waals surface area contributed by atoms with Crippen LogP contribution in [-0.4, -0.2) is 0 Å². The molecule has 0 spiro atoms. The van der Waals surface area contributed by atoms with Gasteiger partial charge in [0.2, 0.25) is 0 Å². The highest BCUT2D eigenvalue weighted by Gasteiger charge is 2.01. The lowest BCUT2D eigenvalue weighted by Crippen LogP contribution is -1.91. The Morgan fingerprint density at radius 3 is 2.71 bits per heavy atom. The minimum atomic E-state index is 1.02. The van der Waals surface area contributed by atoms with Gasteiger partial charge in [-0.05, 0) is 29.5 Å². The molecule has 0 aromatic heterocycles. The van der Waals surface area contributed by atoms with E-state index in [4.69, 9.17) is 0 Å². The van der Waals surface area contributed by atoms with Crippen molar-refractivity contribution in [3.8, 4) is 0 Å². The molecule has 0 heterocycles. The molecule has 1 rings (SSSR count). The van der Waals surface area contributed by atoms with Crippen molar-refractivity contribution < 1.29 is 0 Å². The summed E-state index contributed by atoms with van der Waals surface area (Å²) >= 11 is 0. The zero-order valence-electron chi connectivity index (χ0n) is 8.92. The van der Waals surface area contributed by atoms with Gasteiger partial charge in [-0.2, -0.15) is 0 Å². The van der Waals surface area contributed by atoms with Gasteiger partial charge in [0, 0.05) is 0 Å². The monoisotopic (exact) mass is 186 g/mol. The van der Waals surface area contributed by atoms with Crippen molar-refractivity contribution in [2.24, 2.45) is 0 Å². The van der Waals surface area contributed by atoms with Crippen LogP contribution in [0.15, 0.2) is 43.5 Å². The van der Waals surface area contributed by atoms with E-state index in [0.717, 1.165) is 12.0 Å². The maximum atomic E-state index is 3.99. The largest absolute Gasteiger partial charge is 0.0985 e. The van der Waals surface area contributed by atoms with Crippen LogP contribution in [0.2, 0.25) is 0 Å². The SMILES string of the molecule is C=CC(=C)c1ccccc1CCCC. The normalized spacial score (nSPS) is 9.79. The first-order valence-electron chi connectivity index (χ1n) is 5.19. The summed E-state index contributed by atoms with van der Waals surface area (Å²) in [4.78, 5) is 0. The van der Waals surface area contributed by atoms with E-state index in [1.807, 2.05) is 6.08 Å². The summed E-state index contributed by atoms with van der Waals surface area (Å²) in [6.45, 7) is 9.97. The first kappa shape index (κ1) is 10.8. The van der Waals surface area contributed by atoms with Gasteiger partial charge >= 0.3 is 0 Å². The van der Waals surface area contributed by atoms with Gasteiger partial charge in [-0.25, -0.2) is 0 Å². The molecule has 0 bridgehead atoms. The Morgan fingerprint density at radius 2 is 2.07 bits per heavy atom. The molecule has 0 heteroatoms. The van der Waals surface area contributed by atoms with E-state index >= 15 is 0 Å². The zero-order chi connectivity index (χ0) is 10.4. The highest BCUT2D eigenvalue weighted by atomic mass is 14.1. The Bertz CT molecular complexity index is 321. The van der Waals surface area contributed by atoms with Crippen molar-refractivity contribution in [2.45, 2.75) is 26.2 Å². The third kappa shape index (κ3) is 2.59. The van der Waals surface area contributed by atoms with E-state index in [1.165, 1.54) is 24.0 Å². The lowest BCUT2D eigenvalue weighted by Gasteiger charge is -2.08. The zero-order valence-corrected chi connectivity index (χ0v) is 8.92. The molecule has 0 saturated carbocycles. The Kier molecular flexibility index (Phi) is 4.18. The summed E-state index contributed by atoms with van der Waals surface area (Å²) in [5, 5.41) is 0. The second-order valence-corrected chi connectivity index (χ2v) is 3.49. The van der Waals surface area contributed by atoms with E-state index in [0.29, 0.717) is 0 Å². The summed E-state index contributed by atoms with van der Waals surface area (Å²) in [7, 11) is 0. The Hall–Kier alpha value is -1.30. The van der Waals surface area contributed by atoms with E-state index in [1.54, 1.807) is 0 Å². The summed E-state index contributed by atoms with van der Waals surface area (Å²) in [5.74, 6) is 0. The van der Waals surface area contributed by atoms with Gasteiger partial charge in [0.05, 0.1) is 0 Å². The molecule has 0 aliphatic carbocycles. The van der Waals surface area contributed by atoms with E-state index in [9.17, 15) is 0 Å². The average Bonchev–Trinajstić information content (AvgIpc) is 2.25. The van der Waals surface area contributed by atoms with Crippen LogP contribution in [-0.2, 0) is 6.42 Å². The van der Waals surface area contributed by atoms with Gasteiger partial charge in [-0.3, -0.25) is 0 Å². The molecular weight excluding hydrogens is 168 g/mol. The molecule has 0 radical (unpaired) electrons. The summed E-state index contributed by atoms with van der Waals surface area (Å²) in [6.07, 6.45) is 5.43. The third-order valence-corrected chi connectivity index (χ3v) is 2.41. The quantitative estimate of drug-likeness (QED) is 0.604. The molecule has 1 aromatic carbocycles. The van der Waals surface area contributed by atoms with Crippen molar-refractivity contribution in [3.63, 3.8) is 0 Å². The lowest BCUT2D eigenvalue weighted by molar-refractivity contribution is 0.794. The molecular formula is C14H18. The predicted molar refractivity (Wildman–Crippen MR) is 64.3 cm³/mol. The lowest BCUT2D eigenvalue weighted by atomic mass is 9.97. The van der Waals surface area contributed by atoms with Crippen LogP contribution in [0.3, 0.4) is 0 Å². The molecule has 0 aliphatic heterocycles. The Labute approximate surface area is 87.0 Å². The molecule has 0 unspecified atom stereocenters. The number of aryl methyl sites for hydroxylation is 1. The Balaban J connectivity index is 2.90. The molecule has 0 fully saturated rings. The second-order valence-electron chi connectivity index (χ2n) is 3.49. The van der Waals surface area contributed by atoms with Crippen molar-refractivity contribution in [3.05, 3.63) is 54.6 Å². The molecule has 0 atom stereocenters. The van der Waals surface area contributed by atoms with Crippen molar-refractivity contribution in [1.29, 1.82) is 0 Å². The van der Waals surface area contributed by atoms with Crippen LogP contribution in [0, 0.1) is 0 Å². The maximum Gasteiger partial charge on any atom is -0.0158 e. The Morgan fingerprint density at radius 1 is 1.36 bits per heavy atom. The highest BCUT2D eigenvalue weighted by molar-refractivity contribution is 5.73. The van der Waals surface area contributed by atoms with Gasteiger partial charge in [0.15, 0.2) is 0 Å². The molecule has 14 heavy (non-hydrogen) atoms. The molecule has 0 saturated heterocycles. The molecule has 0 amide bonds. The summed E-state index contributed by atoms with van der Waals surface area (Å²) in [6, 6.07) is 8.44. The second kappa shape index (κ2) is 5.43. The van der Waals surface area contributed by atoms with Gasteiger partial charge < -0.3 is 0 Å². The fraction of sp³-hybridized carbons (Fsp3) is 0.286. The molecule has 0 N–H and O–H groups in total. The maximum absolute atomic E-state index is 3.99. The minimum absolute atomic E-state index is 1.02. The molecule has 0 aliphatic rings. The van der Waals surface area contributed by atoms with Crippen LogP contribution < -0.4 is 0 Å². The highest BCUT2D eigenvalue weighted by Crippen LogP contribution is 2.19. The van der Waals surface area contributed by atoms with Crippen molar-refractivity contribution >= 4 is 5.57 Å². The van der Waals surface area contributed by atoms with Crippen molar-refractivity contribution in [2.75, 3.05) is 0 Å². The standard InChI is InChI=1S/C14H18/c1-4-6-9-13-10-7-8-11-14(13)12(3)5-2/h5,7-8,10-11H,2-4,6,9H2,1H3. The van der Waals surface area contributed by atoms with Crippen LogP contribution >= 0.6 is 0 Å². The molecule has 0 nitrogen and oxygen atoms in total. The van der Waals surface area contributed by atoms with Crippen LogP contribution in [0.5, 0.6) is 0 Å². The fourth-order valence-electron chi connectivity index (χ4n) is 1.53. The number of benzene rings is 1. The predicted octanol–water partition coefficient (Wildman–Crippen LogP) is 4.23. The molecule has 1 aromatic rings. The van der Waals surface area contributed by atoms with Crippen LogP contribution in [0.1, 0.15) is 30.9 Å². The molecule has 74 valence electrons. The summed E-state index contributed by atoms with van der Waals surface area (Å²) < 4.78 is 0. The van der Waals surface area contributed by atoms with Gasteiger partial charge in [0.25, 0.3) is 0 Å². The number of unbranched alkanes of at least 4 members (excludes halogenated alkanes) is 1. The van der Waals surface area contributed by atoms with Gasteiger partial charge in [-0.1, -0.05) is 56.8 Å². The number of allylic oxidation sites excluding steroid dienone is 2. The van der Waals surface area contributed by atoms with Crippen LogP contribution in [0.4, 0.5) is 0 Å². The van der Waals surface area contributed by atoms with Gasteiger partial charge in [-0.15, -0.1) is 0 Å². The summed E-state index contributed by atoms with van der Waals surface area (Å²) in [5.41, 5.74) is 3.66. The first-order valence-corrected chi connectivity index (χ1v) is 5.19. The number of rotatable bonds is 5.